The van der Waals surface area contributed by atoms with Crippen molar-refractivity contribution in [3.63, 3.8) is 0 Å². The van der Waals surface area contributed by atoms with Gasteiger partial charge in [0.15, 0.2) is 0 Å². The third kappa shape index (κ3) is 2.55. The fourth-order valence-corrected chi connectivity index (χ4v) is 3.55. The van der Waals surface area contributed by atoms with E-state index in [0.29, 0.717) is 17.1 Å². The Morgan fingerprint density at radius 1 is 0.833 bits per heavy atom. The van der Waals surface area contributed by atoms with E-state index in [4.69, 9.17) is 21.2 Å². The summed E-state index contributed by atoms with van der Waals surface area (Å²) in [5, 5.41) is 0.798. The molecule has 4 aromatic rings. The van der Waals surface area contributed by atoms with Crippen molar-refractivity contribution in [3.05, 3.63) is 66.7 Å². The van der Waals surface area contributed by atoms with E-state index in [1.165, 1.54) is 0 Å². The van der Waals surface area contributed by atoms with Gasteiger partial charge in [-0.3, -0.25) is 0 Å². The third-order valence-electron chi connectivity index (χ3n) is 3.72. The molecular formula is C19H15N3OS. The van der Waals surface area contributed by atoms with Crippen molar-refractivity contribution in [1.29, 1.82) is 0 Å². The zero-order valence-corrected chi connectivity index (χ0v) is 13.6. The molecule has 1 aromatic heterocycles. The van der Waals surface area contributed by atoms with E-state index in [1.807, 2.05) is 60.7 Å². The molecule has 0 unspecified atom stereocenters. The number of hydrogen-bond acceptors (Lipinski definition) is 5. The van der Waals surface area contributed by atoms with Crippen LogP contribution in [-0.2, 0) is 0 Å². The summed E-state index contributed by atoms with van der Waals surface area (Å²) < 4.78 is 7.12. The minimum Gasteiger partial charge on any atom is -0.457 e. The van der Waals surface area contributed by atoms with Crippen molar-refractivity contribution < 1.29 is 4.74 Å². The van der Waals surface area contributed by atoms with Crippen LogP contribution in [0.25, 0.3) is 20.8 Å². The van der Waals surface area contributed by atoms with Crippen LogP contribution in [0.15, 0.2) is 66.7 Å². The Balaban J connectivity index is 1.88. The maximum absolute atomic E-state index is 6.25. The van der Waals surface area contributed by atoms with E-state index in [9.17, 15) is 0 Å². The highest BCUT2D eigenvalue weighted by Gasteiger charge is 2.17. The zero-order valence-electron chi connectivity index (χ0n) is 12.8. The lowest BCUT2D eigenvalue weighted by molar-refractivity contribution is 0.485. The highest BCUT2D eigenvalue weighted by molar-refractivity contribution is 7.21. The van der Waals surface area contributed by atoms with Gasteiger partial charge in [-0.15, -0.1) is 11.3 Å². The van der Waals surface area contributed by atoms with Crippen LogP contribution in [0.3, 0.4) is 0 Å². The Morgan fingerprint density at radius 3 is 2.38 bits per heavy atom. The van der Waals surface area contributed by atoms with Gasteiger partial charge >= 0.3 is 0 Å². The highest BCUT2D eigenvalue weighted by atomic mass is 32.1. The van der Waals surface area contributed by atoms with Gasteiger partial charge in [0.1, 0.15) is 16.5 Å². The Kier molecular flexibility index (Phi) is 3.55. The van der Waals surface area contributed by atoms with E-state index in [1.54, 1.807) is 17.4 Å². The van der Waals surface area contributed by atoms with E-state index >= 15 is 0 Å². The maximum atomic E-state index is 6.25. The molecule has 0 saturated heterocycles. The molecule has 0 saturated carbocycles. The molecule has 24 heavy (non-hydrogen) atoms. The fourth-order valence-electron chi connectivity index (χ4n) is 2.52. The molecule has 0 aliphatic heterocycles. The van der Waals surface area contributed by atoms with Crippen molar-refractivity contribution in [2.45, 2.75) is 0 Å². The molecule has 0 fully saturated rings. The van der Waals surface area contributed by atoms with Crippen molar-refractivity contribution in [2.75, 3.05) is 11.5 Å². The predicted molar refractivity (Wildman–Crippen MR) is 100 cm³/mol. The second kappa shape index (κ2) is 5.86. The summed E-state index contributed by atoms with van der Waals surface area (Å²) in [5.74, 6) is 1.39. The molecule has 0 spiro atoms. The van der Waals surface area contributed by atoms with Gasteiger partial charge in [-0.1, -0.05) is 30.3 Å². The van der Waals surface area contributed by atoms with Crippen molar-refractivity contribution in [2.24, 2.45) is 0 Å². The minimum atomic E-state index is 0.488. The number of ether oxygens (including phenoxy) is 1. The fraction of sp³-hybridized carbons (Fsp3) is 0. The van der Waals surface area contributed by atoms with E-state index in [-0.39, 0.29) is 0 Å². The highest BCUT2D eigenvalue weighted by Crippen LogP contribution is 2.43. The van der Waals surface area contributed by atoms with Gasteiger partial charge in [-0.05, 0) is 36.4 Å². The van der Waals surface area contributed by atoms with Crippen LogP contribution in [0, 0.1) is 0 Å². The van der Waals surface area contributed by atoms with E-state index in [2.05, 4.69) is 0 Å². The Hall–Kier alpha value is -3.05. The summed E-state index contributed by atoms with van der Waals surface area (Å²) in [4.78, 5) is 4.69. The largest absolute Gasteiger partial charge is 0.457 e. The Morgan fingerprint density at radius 2 is 1.58 bits per heavy atom. The van der Waals surface area contributed by atoms with E-state index < -0.39 is 0 Å². The molecule has 0 aliphatic rings. The Labute approximate surface area is 143 Å². The second-order valence-electron chi connectivity index (χ2n) is 5.34. The van der Waals surface area contributed by atoms with Crippen LogP contribution in [0.2, 0.25) is 0 Å². The average molecular weight is 333 g/mol. The van der Waals surface area contributed by atoms with Gasteiger partial charge < -0.3 is 16.2 Å². The first-order chi connectivity index (χ1) is 11.7. The first-order valence-electron chi connectivity index (χ1n) is 7.49. The molecule has 0 radical (unpaired) electrons. The number of aromatic nitrogens is 1. The third-order valence-corrected chi connectivity index (χ3v) is 4.77. The normalized spacial score (nSPS) is 10.8. The quantitative estimate of drug-likeness (QED) is 0.522. The summed E-state index contributed by atoms with van der Waals surface area (Å²) in [6.45, 7) is 0. The zero-order chi connectivity index (χ0) is 16.5. The van der Waals surface area contributed by atoms with Crippen LogP contribution in [0.4, 0.5) is 11.4 Å². The molecule has 4 N–H and O–H groups in total. The number of thiazole rings is 1. The van der Waals surface area contributed by atoms with E-state index in [0.717, 1.165) is 26.5 Å². The molecule has 5 heteroatoms. The number of hydrogen-bond donors (Lipinski definition) is 2. The predicted octanol–water partition coefficient (Wildman–Crippen LogP) is 4.92. The first kappa shape index (κ1) is 14.5. The number of fused-ring (bicyclic) bond motifs is 1. The summed E-state index contributed by atoms with van der Waals surface area (Å²) in [7, 11) is 0. The Bertz CT molecular complexity index is 979. The average Bonchev–Trinajstić information content (AvgIpc) is 3.03. The van der Waals surface area contributed by atoms with Crippen molar-refractivity contribution in [1.82, 2.24) is 4.98 Å². The van der Waals surface area contributed by atoms with Gasteiger partial charge in [0.05, 0.1) is 27.2 Å². The molecule has 0 atom stereocenters. The molecule has 118 valence electrons. The SMILES string of the molecule is Nc1ccc(Oc2ccccc2)c(-c2nc3ccccc3s2)c1N. The molecule has 1 heterocycles. The van der Waals surface area contributed by atoms with Gasteiger partial charge in [0, 0.05) is 0 Å². The number of nitrogen functional groups attached to an aromatic ring is 2. The van der Waals surface area contributed by atoms with Gasteiger partial charge in [0.2, 0.25) is 0 Å². The molecular weight excluding hydrogens is 318 g/mol. The standard InChI is InChI=1S/C19H15N3OS/c20-13-10-11-15(23-12-6-2-1-3-7-12)17(18(13)21)19-22-14-8-4-5-9-16(14)24-19/h1-11H,20-21H2. The topological polar surface area (TPSA) is 74.2 Å². The smallest absolute Gasteiger partial charge is 0.139 e. The van der Waals surface area contributed by atoms with Crippen LogP contribution in [0.1, 0.15) is 0 Å². The minimum absolute atomic E-state index is 0.488. The number of nitrogens with two attached hydrogens (primary N) is 2. The van der Waals surface area contributed by atoms with Crippen molar-refractivity contribution >= 4 is 32.9 Å². The molecule has 0 amide bonds. The summed E-state index contributed by atoms with van der Waals surface area (Å²) in [5.41, 5.74) is 14.9. The number of benzene rings is 3. The van der Waals surface area contributed by atoms with Crippen molar-refractivity contribution in [3.8, 4) is 22.1 Å². The molecule has 4 nitrogen and oxygen atoms in total. The van der Waals surface area contributed by atoms with Gasteiger partial charge in [-0.2, -0.15) is 0 Å². The first-order valence-corrected chi connectivity index (χ1v) is 8.31. The molecule has 0 aliphatic carbocycles. The number of nitrogens with zero attached hydrogens (tertiary/aromatic N) is 1. The van der Waals surface area contributed by atoms with Gasteiger partial charge in [-0.25, -0.2) is 4.98 Å². The number of rotatable bonds is 3. The van der Waals surface area contributed by atoms with Gasteiger partial charge in [0.25, 0.3) is 0 Å². The molecule has 4 rings (SSSR count). The lowest BCUT2D eigenvalue weighted by Crippen LogP contribution is -1.99. The molecule has 3 aromatic carbocycles. The monoisotopic (exact) mass is 333 g/mol. The van der Waals surface area contributed by atoms with Crippen LogP contribution in [-0.4, -0.2) is 4.98 Å². The molecule has 0 bridgehead atoms. The summed E-state index contributed by atoms with van der Waals surface area (Å²) >= 11 is 1.57. The summed E-state index contributed by atoms with van der Waals surface area (Å²) in [6.07, 6.45) is 0. The lowest BCUT2D eigenvalue weighted by Gasteiger charge is -2.13. The van der Waals surface area contributed by atoms with Crippen LogP contribution in [0.5, 0.6) is 11.5 Å². The number of anilines is 2. The summed E-state index contributed by atoms with van der Waals surface area (Å²) in [6, 6.07) is 21.2. The lowest BCUT2D eigenvalue weighted by atomic mass is 10.1. The van der Waals surface area contributed by atoms with Crippen LogP contribution >= 0.6 is 11.3 Å². The maximum Gasteiger partial charge on any atom is 0.139 e. The van der Waals surface area contributed by atoms with Crippen LogP contribution < -0.4 is 16.2 Å². The second-order valence-corrected chi connectivity index (χ2v) is 6.37. The number of para-hydroxylation sites is 2.